The van der Waals surface area contributed by atoms with Crippen molar-refractivity contribution in [2.45, 2.75) is 17.9 Å². The Kier molecular flexibility index (Phi) is 4.23. The van der Waals surface area contributed by atoms with Crippen LogP contribution in [0.3, 0.4) is 0 Å². The number of nitrogens with two attached hydrogens (primary N) is 1. The molecule has 0 saturated carbocycles. The van der Waals surface area contributed by atoms with E-state index in [0.29, 0.717) is 0 Å². The summed E-state index contributed by atoms with van der Waals surface area (Å²) in [6, 6.07) is 18.7. The van der Waals surface area contributed by atoms with Crippen LogP contribution in [0.2, 0.25) is 0 Å². The van der Waals surface area contributed by atoms with E-state index < -0.39 is 0 Å². The lowest BCUT2D eigenvalue weighted by Gasteiger charge is -2.13. The van der Waals surface area contributed by atoms with Gasteiger partial charge in [-0.3, -0.25) is 4.98 Å². The van der Waals surface area contributed by atoms with Crippen LogP contribution in [0.5, 0.6) is 0 Å². The van der Waals surface area contributed by atoms with Gasteiger partial charge in [-0.15, -0.1) is 11.8 Å². The first-order valence-corrected chi connectivity index (χ1v) is 8.01. The highest BCUT2D eigenvalue weighted by atomic mass is 32.2. The zero-order valence-electron chi connectivity index (χ0n) is 12.0. The van der Waals surface area contributed by atoms with Gasteiger partial charge in [0, 0.05) is 28.3 Å². The lowest BCUT2D eigenvalue weighted by atomic mass is 10.1. The fraction of sp³-hybridized carbons (Fsp3) is 0.167. The maximum Gasteiger partial charge on any atom is 0.0702 e. The Morgan fingerprint density at radius 1 is 1.10 bits per heavy atom. The number of benzene rings is 2. The molecule has 0 saturated heterocycles. The maximum absolute atomic E-state index is 6.32. The molecule has 3 aromatic rings. The summed E-state index contributed by atoms with van der Waals surface area (Å²) in [5, 5.41) is 1.14. The number of hydrogen-bond acceptors (Lipinski definition) is 3. The van der Waals surface area contributed by atoms with E-state index in [1.54, 1.807) is 11.8 Å². The first-order chi connectivity index (χ1) is 10.2. The molecule has 0 aliphatic rings. The first kappa shape index (κ1) is 14.1. The fourth-order valence-electron chi connectivity index (χ4n) is 2.28. The van der Waals surface area contributed by atoms with E-state index in [0.717, 1.165) is 22.2 Å². The second-order valence-corrected chi connectivity index (χ2v) is 6.21. The number of pyridine rings is 1. The molecule has 3 heteroatoms. The minimum absolute atomic E-state index is 0.00767. The molecule has 0 bridgehead atoms. The van der Waals surface area contributed by atoms with Gasteiger partial charge >= 0.3 is 0 Å². The molecule has 0 aliphatic carbocycles. The van der Waals surface area contributed by atoms with Crippen molar-refractivity contribution in [2.75, 3.05) is 5.75 Å². The van der Waals surface area contributed by atoms with Crippen LogP contribution in [-0.2, 0) is 0 Å². The molecule has 0 spiro atoms. The highest BCUT2D eigenvalue weighted by Gasteiger charge is 2.09. The molecule has 0 amide bonds. The number of aromatic nitrogens is 1. The van der Waals surface area contributed by atoms with Gasteiger partial charge < -0.3 is 5.73 Å². The van der Waals surface area contributed by atoms with E-state index in [1.165, 1.54) is 10.5 Å². The van der Waals surface area contributed by atoms with Crippen LogP contribution in [0, 0.1) is 6.92 Å². The standard InChI is InChI=1S/C18H18N2S/c1-13-6-2-5-9-18(13)21-12-16(19)15-10-14-7-3-4-8-17(14)20-11-15/h2-11,16H,12,19H2,1H3. The lowest BCUT2D eigenvalue weighted by Crippen LogP contribution is -2.13. The predicted octanol–water partition coefficient (Wildman–Crippen LogP) is 4.34. The smallest absolute Gasteiger partial charge is 0.0702 e. The maximum atomic E-state index is 6.32. The topological polar surface area (TPSA) is 38.9 Å². The third kappa shape index (κ3) is 3.26. The van der Waals surface area contributed by atoms with Crippen molar-refractivity contribution in [1.82, 2.24) is 4.98 Å². The number of aryl methyl sites for hydroxylation is 1. The van der Waals surface area contributed by atoms with Crippen LogP contribution >= 0.6 is 11.8 Å². The lowest BCUT2D eigenvalue weighted by molar-refractivity contribution is 0.827. The zero-order valence-corrected chi connectivity index (χ0v) is 12.8. The van der Waals surface area contributed by atoms with Gasteiger partial charge in [0.25, 0.3) is 0 Å². The molecular formula is C18H18N2S. The number of thioether (sulfide) groups is 1. The van der Waals surface area contributed by atoms with Crippen LogP contribution < -0.4 is 5.73 Å². The van der Waals surface area contributed by atoms with Crippen molar-refractivity contribution in [3.8, 4) is 0 Å². The Balaban J connectivity index is 1.75. The molecule has 2 aromatic carbocycles. The number of rotatable bonds is 4. The van der Waals surface area contributed by atoms with Gasteiger partial charge in [-0.1, -0.05) is 36.4 Å². The molecule has 2 nitrogen and oxygen atoms in total. The van der Waals surface area contributed by atoms with Gasteiger partial charge in [0.15, 0.2) is 0 Å². The molecule has 1 unspecified atom stereocenters. The Morgan fingerprint density at radius 3 is 2.71 bits per heavy atom. The minimum atomic E-state index is -0.00767. The number of para-hydroxylation sites is 1. The summed E-state index contributed by atoms with van der Waals surface area (Å²) in [7, 11) is 0. The van der Waals surface area contributed by atoms with Crippen molar-refractivity contribution in [3.05, 3.63) is 71.9 Å². The minimum Gasteiger partial charge on any atom is -0.323 e. The molecule has 0 fully saturated rings. The van der Waals surface area contributed by atoms with Crippen LogP contribution in [0.4, 0.5) is 0 Å². The Bertz CT molecular complexity index is 755. The summed E-state index contributed by atoms with van der Waals surface area (Å²) in [4.78, 5) is 5.78. The molecule has 0 radical (unpaired) electrons. The second-order valence-electron chi connectivity index (χ2n) is 5.14. The molecular weight excluding hydrogens is 276 g/mol. The van der Waals surface area contributed by atoms with Crippen molar-refractivity contribution >= 4 is 22.7 Å². The van der Waals surface area contributed by atoms with Crippen LogP contribution in [0.25, 0.3) is 10.9 Å². The highest BCUT2D eigenvalue weighted by Crippen LogP contribution is 2.26. The van der Waals surface area contributed by atoms with Crippen LogP contribution in [0.1, 0.15) is 17.2 Å². The van der Waals surface area contributed by atoms with Crippen molar-refractivity contribution in [2.24, 2.45) is 5.73 Å². The molecule has 1 aromatic heterocycles. The third-order valence-electron chi connectivity index (χ3n) is 3.55. The summed E-state index contributed by atoms with van der Waals surface area (Å²) in [6.45, 7) is 2.13. The summed E-state index contributed by atoms with van der Waals surface area (Å²) in [5.41, 5.74) is 9.73. The van der Waals surface area contributed by atoms with Gasteiger partial charge in [0.2, 0.25) is 0 Å². The Morgan fingerprint density at radius 2 is 1.86 bits per heavy atom. The second kappa shape index (κ2) is 6.29. The molecule has 1 atom stereocenters. The summed E-state index contributed by atoms with van der Waals surface area (Å²) in [6.07, 6.45) is 1.89. The van der Waals surface area contributed by atoms with Crippen molar-refractivity contribution in [3.63, 3.8) is 0 Å². The largest absolute Gasteiger partial charge is 0.323 e. The zero-order chi connectivity index (χ0) is 14.7. The van der Waals surface area contributed by atoms with Gasteiger partial charge in [0.1, 0.15) is 0 Å². The SMILES string of the molecule is Cc1ccccc1SCC(N)c1cnc2ccccc2c1. The molecule has 0 aliphatic heterocycles. The average molecular weight is 294 g/mol. The van der Waals surface area contributed by atoms with E-state index in [2.05, 4.69) is 48.3 Å². The van der Waals surface area contributed by atoms with Crippen molar-refractivity contribution in [1.29, 1.82) is 0 Å². The van der Waals surface area contributed by atoms with E-state index in [4.69, 9.17) is 5.73 Å². The molecule has 3 rings (SSSR count). The third-order valence-corrected chi connectivity index (χ3v) is 4.85. The molecule has 2 N–H and O–H groups in total. The number of hydrogen-bond donors (Lipinski definition) is 1. The summed E-state index contributed by atoms with van der Waals surface area (Å²) >= 11 is 1.80. The van der Waals surface area contributed by atoms with E-state index >= 15 is 0 Å². The quantitative estimate of drug-likeness (QED) is 0.728. The van der Waals surface area contributed by atoms with E-state index in [9.17, 15) is 0 Å². The normalized spacial score (nSPS) is 12.5. The van der Waals surface area contributed by atoms with E-state index in [-0.39, 0.29) is 6.04 Å². The average Bonchev–Trinajstić information content (AvgIpc) is 2.53. The molecule has 21 heavy (non-hydrogen) atoms. The Labute approximate surface area is 129 Å². The predicted molar refractivity (Wildman–Crippen MR) is 90.6 cm³/mol. The van der Waals surface area contributed by atoms with Crippen LogP contribution in [0.15, 0.2) is 65.7 Å². The monoisotopic (exact) mass is 294 g/mol. The number of nitrogens with zero attached hydrogens (tertiary/aromatic N) is 1. The van der Waals surface area contributed by atoms with E-state index in [1.807, 2.05) is 24.4 Å². The van der Waals surface area contributed by atoms with Crippen molar-refractivity contribution < 1.29 is 0 Å². The summed E-state index contributed by atoms with van der Waals surface area (Å²) in [5.74, 6) is 0.852. The van der Waals surface area contributed by atoms with Gasteiger partial charge in [0.05, 0.1) is 5.52 Å². The number of fused-ring (bicyclic) bond motifs is 1. The van der Waals surface area contributed by atoms with Gasteiger partial charge in [-0.05, 0) is 36.2 Å². The molecule has 106 valence electrons. The fourth-order valence-corrected chi connectivity index (χ4v) is 3.31. The highest BCUT2D eigenvalue weighted by molar-refractivity contribution is 7.99. The van der Waals surface area contributed by atoms with Gasteiger partial charge in [-0.2, -0.15) is 0 Å². The summed E-state index contributed by atoms with van der Waals surface area (Å²) < 4.78 is 0. The van der Waals surface area contributed by atoms with Crippen LogP contribution in [-0.4, -0.2) is 10.7 Å². The Hall–Kier alpha value is -1.84. The molecule has 1 heterocycles. The van der Waals surface area contributed by atoms with Gasteiger partial charge in [-0.25, -0.2) is 0 Å². The first-order valence-electron chi connectivity index (χ1n) is 7.03.